The van der Waals surface area contributed by atoms with Crippen molar-refractivity contribution in [2.24, 2.45) is 11.8 Å². The molecule has 14 heteroatoms. The summed E-state index contributed by atoms with van der Waals surface area (Å²) in [5.74, 6) is 0.790. The maximum atomic E-state index is 13.4. The number of carbonyl (C=O) groups is 2. The number of carbonyl (C=O) groups excluding carboxylic acids is 2. The van der Waals surface area contributed by atoms with Crippen LogP contribution in [0.2, 0.25) is 0 Å². The molecule has 45 heavy (non-hydrogen) atoms. The Bertz CT molecular complexity index is 1570. The number of benzene rings is 1. The molecule has 2 atom stereocenters. The van der Waals surface area contributed by atoms with E-state index in [2.05, 4.69) is 34.4 Å². The molecule has 7 rings (SSSR count). The fraction of sp³-hybridized carbons (Fsp3) is 0.548. The van der Waals surface area contributed by atoms with Crippen molar-refractivity contribution in [3.8, 4) is 11.6 Å². The number of alkyl halides is 3. The lowest BCUT2D eigenvalue weighted by molar-refractivity contribution is -0.273. The minimum Gasteiger partial charge on any atom is -0.496 e. The molecule has 4 aliphatic rings. The Hall–Kier alpha value is -3.49. The highest BCUT2D eigenvalue weighted by molar-refractivity contribution is 7.19. The predicted octanol–water partition coefficient (Wildman–Crippen LogP) is 5.93. The van der Waals surface area contributed by atoms with Gasteiger partial charge in [0, 0.05) is 32.1 Å². The zero-order chi connectivity index (χ0) is 32.6. The highest BCUT2D eigenvalue weighted by atomic mass is 32.1. The Kier molecular flexibility index (Phi) is 9.30. The van der Waals surface area contributed by atoms with Gasteiger partial charge < -0.3 is 29.6 Å². The van der Waals surface area contributed by atoms with Gasteiger partial charge in [0.05, 0.1) is 59.0 Å². The lowest BCUT2D eigenvalue weighted by Crippen LogP contribution is -2.64. The minimum atomic E-state index is -4.52. The number of rotatable bonds is 7. The molecule has 2 amide bonds. The van der Waals surface area contributed by atoms with Gasteiger partial charge in [0.15, 0.2) is 5.60 Å². The van der Waals surface area contributed by atoms with Crippen LogP contribution in [-0.4, -0.2) is 73.1 Å². The van der Waals surface area contributed by atoms with Crippen LogP contribution in [0.1, 0.15) is 65.3 Å². The van der Waals surface area contributed by atoms with Crippen molar-refractivity contribution in [1.82, 2.24) is 15.3 Å². The molecule has 244 valence electrons. The number of aromatic nitrogens is 2. The van der Waals surface area contributed by atoms with E-state index in [-0.39, 0.29) is 42.1 Å². The van der Waals surface area contributed by atoms with Gasteiger partial charge in [-0.05, 0) is 37.3 Å². The molecule has 1 saturated carbocycles. The van der Waals surface area contributed by atoms with Crippen molar-refractivity contribution in [3.63, 3.8) is 0 Å². The maximum Gasteiger partial charge on any atom is 0.417 e. The third-order valence-electron chi connectivity index (χ3n) is 8.49. The fourth-order valence-electron chi connectivity index (χ4n) is 6.15. The Balaban J connectivity index is 0.000000383. The topological polar surface area (TPSA) is 121 Å². The number of thiazole rings is 1. The van der Waals surface area contributed by atoms with Gasteiger partial charge in [-0.15, -0.1) is 11.3 Å². The third kappa shape index (κ3) is 6.59. The summed E-state index contributed by atoms with van der Waals surface area (Å²) in [6, 6.07) is 4.67. The van der Waals surface area contributed by atoms with Crippen LogP contribution in [0.25, 0.3) is 10.2 Å². The number of ether oxygens (including phenoxy) is 4. The van der Waals surface area contributed by atoms with Crippen molar-refractivity contribution in [1.29, 1.82) is 0 Å². The first-order valence-corrected chi connectivity index (χ1v) is 15.5. The van der Waals surface area contributed by atoms with Crippen LogP contribution in [0.3, 0.4) is 0 Å². The second kappa shape index (κ2) is 12.7. The van der Waals surface area contributed by atoms with Gasteiger partial charge in [-0.25, -0.2) is 9.97 Å². The van der Waals surface area contributed by atoms with E-state index in [4.69, 9.17) is 18.9 Å². The molecular weight excluding hydrogens is 613 g/mol. The van der Waals surface area contributed by atoms with E-state index in [9.17, 15) is 22.8 Å². The summed E-state index contributed by atoms with van der Waals surface area (Å²) in [6.45, 7) is 8.05. The van der Waals surface area contributed by atoms with Crippen LogP contribution in [0.5, 0.6) is 11.6 Å². The molecule has 2 unspecified atom stereocenters. The number of aryl methyl sites for hydroxylation is 1. The van der Waals surface area contributed by atoms with Crippen molar-refractivity contribution < 1.29 is 41.7 Å². The number of hydrogen-bond acceptors (Lipinski definition) is 9. The summed E-state index contributed by atoms with van der Waals surface area (Å²) >= 11 is 1.32. The van der Waals surface area contributed by atoms with Crippen molar-refractivity contribution >= 4 is 39.1 Å². The van der Waals surface area contributed by atoms with E-state index in [1.54, 1.807) is 12.1 Å². The monoisotopic (exact) mass is 650 g/mol. The largest absolute Gasteiger partial charge is 0.496 e. The second-order valence-corrected chi connectivity index (χ2v) is 13.2. The summed E-state index contributed by atoms with van der Waals surface area (Å²) in [4.78, 5) is 35.0. The number of anilines is 1. The zero-order valence-corrected chi connectivity index (χ0v) is 26.6. The standard InChI is InChI=1S/C23H21F3N4O5S.C8H16O/c1-11-28-13-4-5-15(33-2)17(18(13)36-11)20(32)29-14-7-27-16(34-3)6-12(14)19(31)30-21-8-22(9-21,35-10-21)23(24,25)26;1-3-8-4-7(2)5-9-6-8/h4-7H,8-10H2,1-3H3,(H,29,32)(H,30,31);7-8H,3-6H2,1-2H3. The molecule has 5 heterocycles. The van der Waals surface area contributed by atoms with Gasteiger partial charge in [-0.3, -0.25) is 9.59 Å². The number of fused-ring (bicyclic) bond motifs is 2. The predicted molar refractivity (Wildman–Crippen MR) is 162 cm³/mol. The summed E-state index contributed by atoms with van der Waals surface area (Å²) < 4.78 is 61.5. The minimum absolute atomic E-state index is 0.0207. The van der Waals surface area contributed by atoms with Crippen molar-refractivity contribution in [2.45, 2.75) is 63.8 Å². The van der Waals surface area contributed by atoms with Crippen molar-refractivity contribution in [2.75, 3.05) is 39.4 Å². The molecule has 0 spiro atoms. The molecule has 10 nitrogen and oxygen atoms in total. The van der Waals surface area contributed by atoms with Crippen LogP contribution in [0, 0.1) is 18.8 Å². The number of methoxy groups -OCH3 is 2. The van der Waals surface area contributed by atoms with Crippen LogP contribution >= 0.6 is 11.3 Å². The SMILES string of the molecule is CCC1COCC(C)C1.COc1cc(C(=O)NC23COC(C(F)(F)F)(C2)C3)c(NC(=O)c2c(OC)ccc3nc(C)sc23)cn1. The molecule has 2 aromatic heterocycles. The van der Waals surface area contributed by atoms with E-state index in [1.807, 2.05) is 6.92 Å². The Morgan fingerprint density at radius 3 is 2.51 bits per heavy atom. The first-order chi connectivity index (χ1) is 21.3. The molecule has 3 saturated heterocycles. The Morgan fingerprint density at radius 1 is 1.16 bits per heavy atom. The lowest BCUT2D eigenvalue weighted by atomic mass is 9.68. The summed E-state index contributed by atoms with van der Waals surface area (Å²) in [5, 5.41) is 6.11. The third-order valence-corrected chi connectivity index (χ3v) is 9.50. The molecule has 1 aromatic carbocycles. The van der Waals surface area contributed by atoms with Crippen LogP contribution < -0.4 is 20.1 Å². The molecule has 3 aliphatic heterocycles. The molecule has 0 radical (unpaired) electrons. The van der Waals surface area contributed by atoms with E-state index >= 15 is 0 Å². The first-order valence-electron chi connectivity index (χ1n) is 14.7. The Labute approximate surface area is 263 Å². The first kappa shape index (κ1) is 32.9. The van der Waals surface area contributed by atoms with Crippen molar-refractivity contribution in [3.05, 3.63) is 40.5 Å². The number of hydrogen-bond donors (Lipinski definition) is 2. The molecule has 2 bridgehead atoms. The highest BCUT2D eigenvalue weighted by Crippen LogP contribution is 2.59. The van der Waals surface area contributed by atoms with E-state index < -0.39 is 29.1 Å². The summed E-state index contributed by atoms with van der Waals surface area (Å²) in [7, 11) is 2.79. The Morgan fingerprint density at radius 2 is 1.91 bits per heavy atom. The second-order valence-electron chi connectivity index (χ2n) is 12.0. The quantitative estimate of drug-likeness (QED) is 0.323. The van der Waals surface area contributed by atoms with Crippen LogP contribution in [0.15, 0.2) is 24.4 Å². The average molecular weight is 651 g/mol. The lowest BCUT2D eigenvalue weighted by Gasteiger charge is -2.45. The van der Waals surface area contributed by atoms with Gasteiger partial charge >= 0.3 is 6.18 Å². The van der Waals surface area contributed by atoms with Gasteiger partial charge in [0.25, 0.3) is 11.8 Å². The molecule has 3 aromatic rings. The molecule has 4 fully saturated rings. The average Bonchev–Trinajstić information content (AvgIpc) is 3.68. The normalized spacial score (nSPS) is 25.5. The maximum absolute atomic E-state index is 13.4. The van der Waals surface area contributed by atoms with Crippen LogP contribution in [-0.2, 0) is 9.47 Å². The van der Waals surface area contributed by atoms with E-state index in [0.717, 1.165) is 30.1 Å². The number of nitrogens with zero attached hydrogens (tertiary/aromatic N) is 2. The van der Waals surface area contributed by atoms with Gasteiger partial charge in [0.1, 0.15) is 11.3 Å². The van der Waals surface area contributed by atoms with Gasteiger partial charge in [0.2, 0.25) is 5.88 Å². The number of halogens is 3. The van der Waals surface area contributed by atoms with E-state index in [1.165, 1.54) is 50.7 Å². The highest BCUT2D eigenvalue weighted by Gasteiger charge is 2.74. The molecular formula is C31H37F3N4O6S. The molecule has 2 N–H and O–H groups in total. The number of nitrogens with one attached hydrogen (secondary N) is 2. The van der Waals surface area contributed by atoms with Crippen LogP contribution in [0.4, 0.5) is 18.9 Å². The zero-order valence-electron chi connectivity index (χ0n) is 25.8. The fourth-order valence-corrected chi connectivity index (χ4v) is 7.11. The smallest absolute Gasteiger partial charge is 0.417 e. The van der Waals surface area contributed by atoms with Gasteiger partial charge in [-0.2, -0.15) is 13.2 Å². The summed E-state index contributed by atoms with van der Waals surface area (Å²) in [5.41, 5.74) is -2.48. The van der Waals surface area contributed by atoms with Gasteiger partial charge in [-0.1, -0.05) is 20.3 Å². The summed E-state index contributed by atoms with van der Waals surface area (Å²) in [6.07, 6.45) is -1.36. The number of amides is 2. The molecule has 1 aliphatic carbocycles. The number of pyridine rings is 1. The van der Waals surface area contributed by atoms with E-state index in [0.29, 0.717) is 16.0 Å².